The lowest BCUT2D eigenvalue weighted by Gasteiger charge is -2.31. The Hall–Kier alpha value is 0.130. The van der Waals surface area contributed by atoms with Crippen LogP contribution in [0.25, 0.3) is 0 Å². The van der Waals surface area contributed by atoms with Crippen LogP contribution in [0.5, 0.6) is 0 Å². The van der Waals surface area contributed by atoms with Crippen LogP contribution in [0, 0.1) is 6.92 Å². The molecular weight excluding hydrogens is 392 g/mol. The van der Waals surface area contributed by atoms with E-state index in [0.29, 0.717) is 6.42 Å². The lowest BCUT2D eigenvalue weighted by Crippen LogP contribution is -2.33. The molecule has 0 atom stereocenters. The van der Waals surface area contributed by atoms with E-state index in [1.165, 1.54) is 11.1 Å². The normalized spacial score (nSPS) is 12.6. The van der Waals surface area contributed by atoms with Crippen molar-refractivity contribution in [3.63, 3.8) is 0 Å². The molecule has 1 aromatic carbocycles. The Morgan fingerprint density at radius 1 is 1.21 bits per heavy atom. The predicted molar refractivity (Wildman–Crippen MR) is 89.4 cm³/mol. The second kappa shape index (κ2) is 7.23. The van der Waals surface area contributed by atoms with Crippen LogP contribution < -0.4 is 0 Å². The molecule has 0 aromatic heterocycles. The Morgan fingerprint density at radius 3 is 2.32 bits per heavy atom. The van der Waals surface area contributed by atoms with Crippen LogP contribution in [0.2, 0.25) is 0 Å². The van der Waals surface area contributed by atoms with Crippen molar-refractivity contribution in [2.45, 2.75) is 25.7 Å². The van der Waals surface area contributed by atoms with Crippen LogP contribution >= 0.6 is 31.9 Å². The van der Waals surface area contributed by atoms with Gasteiger partial charge in [-0.1, -0.05) is 68.6 Å². The minimum absolute atomic E-state index is 0.172. The monoisotopic (exact) mass is 410 g/mol. The molecule has 5 heteroatoms. The highest BCUT2D eigenvalue weighted by Gasteiger charge is 2.31. The minimum atomic E-state index is -2.93. The third-order valence-corrected chi connectivity index (χ3v) is 7.33. The predicted octanol–water partition coefficient (Wildman–Crippen LogP) is 3.85. The van der Waals surface area contributed by atoms with Gasteiger partial charge < -0.3 is 0 Å². The number of benzene rings is 1. The largest absolute Gasteiger partial charge is 0.229 e. The molecule has 1 aromatic rings. The van der Waals surface area contributed by atoms with E-state index in [-0.39, 0.29) is 16.9 Å². The minimum Gasteiger partial charge on any atom is -0.229 e. The number of sulfone groups is 1. The van der Waals surface area contributed by atoms with Crippen molar-refractivity contribution in [1.82, 2.24) is 0 Å². The Kier molecular flexibility index (Phi) is 6.54. The van der Waals surface area contributed by atoms with E-state index in [1.807, 2.05) is 6.07 Å². The molecule has 0 fully saturated rings. The molecule has 0 saturated carbocycles. The maximum absolute atomic E-state index is 11.7. The lowest BCUT2D eigenvalue weighted by molar-refractivity contribution is 0.523. The Bertz CT molecular complexity index is 508. The van der Waals surface area contributed by atoms with Crippen molar-refractivity contribution in [2.75, 3.05) is 22.2 Å². The molecular formula is C14H20Br2O2S. The summed E-state index contributed by atoms with van der Waals surface area (Å²) in [6.07, 6.45) is 0.628. The van der Waals surface area contributed by atoms with Crippen LogP contribution in [0.4, 0.5) is 0 Å². The van der Waals surface area contributed by atoms with Crippen molar-refractivity contribution < 1.29 is 8.42 Å². The van der Waals surface area contributed by atoms with Gasteiger partial charge in [0.05, 0.1) is 5.75 Å². The molecule has 1 rings (SSSR count). The zero-order valence-electron chi connectivity index (χ0n) is 11.3. The highest BCUT2D eigenvalue weighted by atomic mass is 79.9. The summed E-state index contributed by atoms with van der Waals surface area (Å²) in [6.45, 7) is 3.76. The third kappa shape index (κ3) is 4.57. The second-order valence-corrected chi connectivity index (χ2v) is 8.50. The fourth-order valence-electron chi connectivity index (χ4n) is 1.94. The van der Waals surface area contributed by atoms with E-state index in [2.05, 4.69) is 57.0 Å². The summed E-state index contributed by atoms with van der Waals surface area (Å²) < 4.78 is 23.5. The van der Waals surface area contributed by atoms with Gasteiger partial charge in [0.2, 0.25) is 0 Å². The summed E-state index contributed by atoms with van der Waals surface area (Å²) in [5.41, 5.74) is 2.21. The Morgan fingerprint density at radius 2 is 1.84 bits per heavy atom. The second-order valence-electron chi connectivity index (χ2n) is 4.90. The maximum atomic E-state index is 11.7. The van der Waals surface area contributed by atoms with Gasteiger partial charge in [-0.05, 0) is 18.9 Å². The van der Waals surface area contributed by atoms with E-state index in [0.717, 1.165) is 10.7 Å². The summed E-state index contributed by atoms with van der Waals surface area (Å²) in [5, 5.41) is 1.49. The number of alkyl halides is 2. The van der Waals surface area contributed by atoms with Gasteiger partial charge in [0.25, 0.3) is 0 Å². The number of rotatable bonds is 7. The Balaban J connectivity index is 3.04. The molecule has 0 heterocycles. The molecule has 0 aliphatic rings. The Labute approximate surface area is 133 Å². The molecule has 0 aliphatic heterocycles. The van der Waals surface area contributed by atoms with Gasteiger partial charge in [-0.15, -0.1) is 0 Å². The van der Waals surface area contributed by atoms with Gasteiger partial charge in [0, 0.05) is 21.8 Å². The molecule has 0 aliphatic carbocycles. The molecule has 0 spiro atoms. The van der Waals surface area contributed by atoms with Crippen molar-refractivity contribution in [2.24, 2.45) is 0 Å². The molecule has 0 radical (unpaired) electrons. The van der Waals surface area contributed by atoms with Crippen molar-refractivity contribution in [1.29, 1.82) is 0 Å². The van der Waals surface area contributed by atoms with Crippen molar-refractivity contribution in [3.05, 3.63) is 35.4 Å². The van der Waals surface area contributed by atoms with Gasteiger partial charge in [-0.2, -0.15) is 0 Å². The first kappa shape index (κ1) is 17.2. The molecule has 0 unspecified atom stereocenters. The van der Waals surface area contributed by atoms with E-state index < -0.39 is 9.84 Å². The number of hydrogen-bond acceptors (Lipinski definition) is 2. The smallest absolute Gasteiger partial charge is 0.150 e. The van der Waals surface area contributed by atoms with Gasteiger partial charge >= 0.3 is 0 Å². The molecule has 0 N–H and O–H groups in total. The molecule has 2 nitrogen and oxygen atoms in total. The van der Waals surface area contributed by atoms with Gasteiger partial charge in [0.1, 0.15) is 9.84 Å². The molecule has 108 valence electrons. The lowest BCUT2D eigenvalue weighted by atomic mass is 9.81. The number of hydrogen-bond donors (Lipinski definition) is 0. The first-order valence-corrected chi connectivity index (χ1v) is 10.3. The standard InChI is InChI=1S/C14H20Br2O2S/c1-3-19(17,18)8-7-14(10-15,11-16)13-6-4-5-12(2)9-13/h4-6,9H,3,7-8,10-11H2,1-2H3. The fourth-order valence-corrected chi connectivity index (χ4v) is 5.07. The third-order valence-electron chi connectivity index (χ3n) is 3.47. The van der Waals surface area contributed by atoms with Crippen LogP contribution in [0.1, 0.15) is 24.5 Å². The van der Waals surface area contributed by atoms with Crippen LogP contribution in [0.15, 0.2) is 24.3 Å². The first-order valence-electron chi connectivity index (χ1n) is 6.28. The SMILES string of the molecule is CCS(=O)(=O)CCC(CBr)(CBr)c1cccc(C)c1. The van der Waals surface area contributed by atoms with Gasteiger partial charge in [-0.3, -0.25) is 0 Å². The van der Waals surface area contributed by atoms with Crippen molar-refractivity contribution in [3.8, 4) is 0 Å². The first-order chi connectivity index (χ1) is 8.89. The molecule has 0 bridgehead atoms. The van der Waals surface area contributed by atoms with Crippen molar-refractivity contribution >= 4 is 41.7 Å². The summed E-state index contributed by atoms with van der Waals surface area (Å²) in [4.78, 5) is 0. The zero-order chi connectivity index (χ0) is 14.5. The summed E-state index contributed by atoms with van der Waals surface area (Å²) in [6, 6.07) is 8.30. The molecule has 0 amide bonds. The van der Waals surface area contributed by atoms with Crippen LogP contribution in [-0.2, 0) is 15.3 Å². The number of aryl methyl sites for hydroxylation is 1. The van der Waals surface area contributed by atoms with E-state index in [1.54, 1.807) is 6.92 Å². The maximum Gasteiger partial charge on any atom is 0.150 e. The summed E-state index contributed by atoms with van der Waals surface area (Å²) in [7, 11) is -2.93. The van der Waals surface area contributed by atoms with Crippen LogP contribution in [0.3, 0.4) is 0 Å². The zero-order valence-corrected chi connectivity index (χ0v) is 15.3. The van der Waals surface area contributed by atoms with Gasteiger partial charge in [-0.25, -0.2) is 8.42 Å². The number of halogens is 2. The average molecular weight is 412 g/mol. The fraction of sp³-hybridized carbons (Fsp3) is 0.571. The van der Waals surface area contributed by atoms with Gasteiger partial charge in [0.15, 0.2) is 0 Å². The highest BCUT2D eigenvalue weighted by molar-refractivity contribution is 9.09. The molecule has 0 saturated heterocycles. The summed E-state index contributed by atoms with van der Waals surface area (Å²) in [5.74, 6) is 0.441. The van der Waals surface area contributed by atoms with E-state index in [4.69, 9.17) is 0 Å². The summed E-state index contributed by atoms with van der Waals surface area (Å²) >= 11 is 7.12. The topological polar surface area (TPSA) is 34.1 Å². The van der Waals surface area contributed by atoms with Crippen LogP contribution in [-0.4, -0.2) is 30.6 Å². The average Bonchev–Trinajstić information content (AvgIpc) is 2.41. The molecule has 19 heavy (non-hydrogen) atoms. The van der Waals surface area contributed by atoms with E-state index >= 15 is 0 Å². The van der Waals surface area contributed by atoms with E-state index in [9.17, 15) is 8.42 Å². The highest BCUT2D eigenvalue weighted by Crippen LogP contribution is 2.33. The quantitative estimate of drug-likeness (QED) is 0.638.